The SMILES string of the molecule is O=[N+]([O-])c1ccc2c(c1)Sc1ccccc1N2c1nc2ccccc2c2ccccc12. The van der Waals surface area contributed by atoms with Crippen molar-refractivity contribution in [3.05, 3.63) is 101 Å². The van der Waals surface area contributed by atoms with Gasteiger partial charge in [0, 0.05) is 32.7 Å². The Morgan fingerprint density at radius 2 is 1.42 bits per heavy atom. The van der Waals surface area contributed by atoms with Gasteiger partial charge in [0.05, 0.1) is 21.8 Å². The van der Waals surface area contributed by atoms with E-state index in [-0.39, 0.29) is 10.6 Å². The Hall–Kier alpha value is -3.90. The maximum Gasteiger partial charge on any atom is 0.270 e. The average molecular weight is 421 g/mol. The van der Waals surface area contributed by atoms with Crippen molar-refractivity contribution in [2.75, 3.05) is 4.90 Å². The van der Waals surface area contributed by atoms with Gasteiger partial charge in [-0.3, -0.25) is 15.0 Å². The van der Waals surface area contributed by atoms with Crippen LogP contribution in [0, 0.1) is 10.1 Å². The van der Waals surface area contributed by atoms with Gasteiger partial charge >= 0.3 is 0 Å². The lowest BCUT2D eigenvalue weighted by Crippen LogP contribution is -2.16. The molecule has 0 spiro atoms. The molecule has 4 aromatic carbocycles. The molecule has 0 saturated carbocycles. The number of hydrogen-bond acceptors (Lipinski definition) is 5. The van der Waals surface area contributed by atoms with Gasteiger partial charge in [0.15, 0.2) is 0 Å². The summed E-state index contributed by atoms with van der Waals surface area (Å²) >= 11 is 1.55. The first-order valence-electron chi connectivity index (χ1n) is 9.84. The van der Waals surface area contributed by atoms with Crippen LogP contribution >= 0.6 is 11.8 Å². The van der Waals surface area contributed by atoms with Crippen LogP contribution in [0.1, 0.15) is 0 Å². The summed E-state index contributed by atoms with van der Waals surface area (Å²) in [4.78, 5) is 20.1. The van der Waals surface area contributed by atoms with Gasteiger partial charge in [-0.15, -0.1) is 0 Å². The van der Waals surface area contributed by atoms with E-state index in [1.54, 1.807) is 23.9 Å². The second kappa shape index (κ2) is 6.82. The number of benzene rings is 4. The molecular formula is C25H15N3O2S. The Kier molecular flexibility index (Phi) is 3.94. The number of nitrogens with zero attached hydrogens (tertiary/aromatic N) is 3. The first kappa shape index (κ1) is 17.9. The van der Waals surface area contributed by atoms with Crippen molar-refractivity contribution < 1.29 is 4.92 Å². The van der Waals surface area contributed by atoms with E-state index in [1.165, 1.54) is 0 Å². The Morgan fingerprint density at radius 1 is 0.742 bits per heavy atom. The number of non-ortho nitro benzene ring substituents is 1. The predicted molar refractivity (Wildman–Crippen MR) is 125 cm³/mol. The predicted octanol–water partition coefficient (Wildman–Crippen LogP) is 7.23. The van der Waals surface area contributed by atoms with Crippen LogP contribution in [-0.4, -0.2) is 9.91 Å². The molecule has 5 aromatic rings. The van der Waals surface area contributed by atoms with Gasteiger partial charge in [-0.05, 0) is 29.7 Å². The number of rotatable bonds is 2. The van der Waals surface area contributed by atoms with Crippen LogP contribution in [0.25, 0.3) is 21.7 Å². The first-order chi connectivity index (χ1) is 15.2. The van der Waals surface area contributed by atoms with Gasteiger partial charge in [0.1, 0.15) is 5.82 Å². The van der Waals surface area contributed by atoms with Crippen LogP contribution in [0.5, 0.6) is 0 Å². The molecule has 0 fully saturated rings. The summed E-state index contributed by atoms with van der Waals surface area (Å²) in [7, 11) is 0. The summed E-state index contributed by atoms with van der Waals surface area (Å²) in [5.41, 5.74) is 2.90. The summed E-state index contributed by atoms with van der Waals surface area (Å²) < 4.78 is 0. The topological polar surface area (TPSA) is 59.3 Å². The zero-order valence-corrected chi connectivity index (χ0v) is 17.0. The largest absolute Gasteiger partial charge is 0.292 e. The van der Waals surface area contributed by atoms with Gasteiger partial charge in [0.25, 0.3) is 5.69 Å². The van der Waals surface area contributed by atoms with Gasteiger partial charge in [0.2, 0.25) is 0 Å². The van der Waals surface area contributed by atoms with Crippen molar-refractivity contribution in [2.24, 2.45) is 0 Å². The minimum absolute atomic E-state index is 0.0851. The molecule has 6 rings (SSSR count). The number of para-hydroxylation sites is 2. The van der Waals surface area contributed by atoms with Gasteiger partial charge in [-0.1, -0.05) is 66.4 Å². The second-order valence-corrected chi connectivity index (χ2v) is 8.40. The van der Waals surface area contributed by atoms with Crippen molar-refractivity contribution in [1.29, 1.82) is 0 Å². The molecular weight excluding hydrogens is 406 g/mol. The lowest BCUT2D eigenvalue weighted by molar-refractivity contribution is -0.385. The molecule has 2 heterocycles. The molecule has 0 amide bonds. The first-order valence-corrected chi connectivity index (χ1v) is 10.7. The summed E-state index contributed by atoms with van der Waals surface area (Å²) in [5.74, 6) is 0.817. The van der Waals surface area contributed by atoms with E-state index in [2.05, 4.69) is 29.2 Å². The number of hydrogen-bond donors (Lipinski definition) is 0. The van der Waals surface area contributed by atoms with E-state index < -0.39 is 0 Å². The molecule has 0 saturated heterocycles. The molecule has 6 heteroatoms. The number of nitro groups is 1. The minimum Gasteiger partial charge on any atom is -0.292 e. The van der Waals surface area contributed by atoms with Crippen LogP contribution in [-0.2, 0) is 0 Å². The highest BCUT2D eigenvalue weighted by atomic mass is 32.2. The molecule has 1 aliphatic heterocycles. The molecule has 0 radical (unpaired) electrons. The number of pyridine rings is 1. The number of aromatic nitrogens is 1. The van der Waals surface area contributed by atoms with Crippen LogP contribution in [0.15, 0.2) is 101 Å². The van der Waals surface area contributed by atoms with Crippen LogP contribution in [0.3, 0.4) is 0 Å². The molecule has 0 unspecified atom stereocenters. The number of anilines is 3. The van der Waals surface area contributed by atoms with E-state index in [1.807, 2.05) is 54.6 Å². The Bertz CT molecular complexity index is 1520. The maximum atomic E-state index is 11.4. The third kappa shape index (κ3) is 2.76. The standard InChI is InChI=1S/C25H15N3O2S/c29-28(30)16-13-14-22-24(15-16)31-23-12-6-5-11-21(23)27(22)25-19-9-2-1-7-17(19)18-8-3-4-10-20(18)26-25/h1-15H. The molecule has 0 atom stereocenters. The van der Waals surface area contributed by atoms with Crippen LogP contribution < -0.4 is 4.90 Å². The Morgan fingerprint density at radius 3 is 2.26 bits per heavy atom. The average Bonchev–Trinajstić information content (AvgIpc) is 2.81. The van der Waals surface area contributed by atoms with Crippen LogP contribution in [0.2, 0.25) is 0 Å². The van der Waals surface area contributed by atoms with E-state index in [0.29, 0.717) is 0 Å². The molecule has 0 aliphatic carbocycles. The van der Waals surface area contributed by atoms with Crippen molar-refractivity contribution in [3.63, 3.8) is 0 Å². The van der Waals surface area contributed by atoms with Crippen LogP contribution in [0.4, 0.5) is 22.9 Å². The Balaban J connectivity index is 1.70. The van der Waals surface area contributed by atoms with Crippen molar-refractivity contribution >= 4 is 56.3 Å². The monoisotopic (exact) mass is 421 g/mol. The quantitative estimate of drug-likeness (QED) is 0.168. The molecule has 0 bridgehead atoms. The van der Waals surface area contributed by atoms with E-state index >= 15 is 0 Å². The smallest absolute Gasteiger partial charge is 0.270 e. The van der Waals surface area contributed by atoms with Gasteiger partial charge in [-0.25, -0.2) is 4.98 Å². The lowest BCUT2D eigenvalue weighted by Gasteiger charge is -2.32. The third-order valence-electron chi connectivity index (χ3n) is 5.52. The summed E-state index contributed by atoms with van der Waals surface area (Å²) in [5, 5.41) is 14.6. The zero-order chi connectivity index (χ0) is 20.9. The summed E-state index contributed by atoms with van der Waals surface area (Å²) in [6, 6.07) is 29.5. The molecule has 31 heavy (non-hydrogen) atoms. The highest BCUT2D eigenvalue weighted by molar-refractivity contribution is 7.99. The number of fused-ring (bicyclic) bond motifs is 5. The van der Waals surface area contributed by atoms with E-state index in [4.69, 9.17) is 4.98 Å². The molecule has 148 valence electrons. The van der Waals surface area contributed by atoms with E-state index in [9.17, 15) is 10.1 Å². The fraction of sp³-hybridized carbons (Fsp3) is 0. The summed E-state index contributed by atoms with van der Waals surface area (Å²) in [6.07, 6.45) is 0. The number of nitro benzene ring substituents is 1. The van der Waals surface area contributed by atoms with Gasteiger partial charge in [-0.2, -0.15) is 0 Å². The third-order valence-corrected chi connectivity index (χ3v) is 6.63. The normalized spacial score (nSPS) is 12.6. The molecule has 1 aromatic heterocycles. The lowest BCUT2D eigenvalue weighted by atomic mass is 10.0. The Labute approximate surface area is 182 Å². The molecule has 0 N–H and O–H groups in total. The fourth-order valence-corrected chi connectivity index (χ4v) is 5.24. The molecule has 5 nitrogen and oxygen atoms in total. The van der Waals surface area contributed by atoms with Crippen molar-refractivity contribution in [2.45, 2.75) is 9.79 Å². The highest BCUT2D eigenvalue weighted by Crippen LogP contribution is 2.53. The zero-order valence-electron chi connectivity index (χ0n) is 16.2. The molecule has 1 aliphatic rings. The second-order valence-electron chi connectivity index (χ2n) is 7.31. The van der Waals surface area contributed by atoms with Crippen molar-refractivity contribution in [1.82, 2.24) is 4.98 Å². The van der Waals surface area contributed by atoms with Gasteiger partial charge < -0.3 is 0 Å². The van der Waals surface area contributed by atoms with Crippen molar-refractivity contribution in [3.8, 4) is 0 Å². The summed E-state index contributed by atoms with van der Waals surface area (Å²) in [6.45, 7) is 0. The minimum atomic E-state index is -0.352. The fourth-order valence-electron chi connectivity index (χ4n) is 4.14. The highest BCUT2D eigenvalue weighted by Gasteiger charge is 2.28. The maximum absolute atomic E-state index is 11.4. The van der Waals surface area contributed by atoms with E-state index in [0.717, 1.165) is 48.7 Å².